The Morgan fingerprint density at radius 2 is 1.29 bits per heavy atom. The van der Waals surface area contributed by atoms with Crippen LogP contribution >= 0.6 is 11.8 Å². The van der Waals surface area contributed by atoms with E-state index in [1.165, 1.54) is 11.8 Å². The zero-order valence-corrected chi connectivity index (χ0v) is 16.0. The molecule has 0 heterocycles. The fourth-order valence-corrected chi connectivity index (χ4v) is 3.73. The van der Waals surface area contributed by atoms with Crippen molar-refractivity contribution >= 4 is 11.8 Å². The van der Waals surface area contributed by atoms with E-state index in [1.807, 2.05) is 32.9 Å². The molecule has 0 aliphatic rings. The summed E-state index contributed by atoms with van der Waals surface area (Å²) < 4.78 is 0. The van der Waals surface area contributed by atoms with Crippen LogP contribution in [0.2, 0.25) is 0 Å². The summed E-state index contributed by atoms with van der Waals surface area (Å²) in [5, 5.41) is 31.3. The zero-order chi connectivity index (χ0) is 18.3. The molecule has 24 heavy (non-hydrogen) atoms. The van der Waals surface area contributed by atoms with E-state index in [0.717, 1.165) is 5.56 Å². The van der Waals surface area contributed by atoms with Gasteiger partial charge in [0.05, 0.1) is 9.79 Å². The van der Waals surface area contributed by atoms with Gasteiger partial charge in [-0.15, -0.1) is 0 Å². The highest BCUT2D eigenvalue weighted by molar-refractivity contribution is 7.99. The fourth-order valence-electron chi connectivity index (χ4n) is 2.53. The summed E-state index contributed by atoms with van der Waals surface area (Å²) >= 11 is 1.27. The second-order valence-electron chi connectivity index (χ2n) is 8.07. The lowest BCUT2D eigenvalue weighted by atomic mass is 9.80. The van der Waals surface area contributed by atoms with Crippen LogP contribution in [0.15, 0.2) is 40.1 Å². The lowest BCUT2D eigenvalue weighted by molar-refractivity contribution is 0.376. The van der Waals surface area contributed by atoms with Crippen molar-refractivity contribution in [3.05, 3.63) is 41.5 Å². The van der Waals surface area contributed by atoms with Gasteiger partial charge in [-0.05, 0) is 34.6 Å². The maximum Gasteiger partial charge on any atom is 0.172 e. The molecule has 2 aromatic rings. The minimum Gasteiger partial charge on any atom is -0.507 e. The largest absolute Gasteiger partial charge is 0.507 e. The van der Waals surface area contributed by atoms with Gasteiger partial charge in [0.15, 0.2) is 11.5 Å². The SMILES string of the molecule is CC(C)(C)c1cc(C(C)(C)C)c(Sc2ccccc2O)c(O)c1O. The summed E-state index contributed by atoms with van der Waals surface area (Å²) in [6.45, 7) is 12.2. The second kappa shape index (κ2) is 6.25. The first-order valence-electron chi connectivity index (χ1n) is 7.98. The van der Waals surface area contributed by atoms with Crippen LogP contribution in [0.4, 0.5) is 0 Å². The van der Waals surface area contributed by atoms with Crippen molar-refractivity contribution in [2.24, 2.45) is 0 Å². The third-order valence-electron chi connectivity index (χ3n) is 3.92. The molecule has 0 spiro atoms. The molecule has 0 fully saturated rings. The Labute approximate surface area is 148 Å². The van der Waals surface area contributed by atoms with Gasteiger partial charge in [0.2, 0.25) is 0 Å². The van der Waals surface area contributed by atoms with Crippen molar-refractivity contribution in [2.45, 2.75) is 62.2 Å². The molecule has 0 aliphatic carbocycles. The Balaban J connectivity index is 2.71. The molecule has 130 valence electrons. The molecular formula is C20H26O3S. The molecule has 0 aromatic heterocycles. The summed E-state index contributed by atoms with van der Waals surface area (Å²) in [6, 6.07) is 8.96. The average molecular weight is 346 g/mol. The van der Waals surface area contributed by atoms with E-state index in [4.69, 9.17) is 0 Å². The maximum atomic E-state index is 10.7. The van der Waals surface area contributed by atoms with Gasteiger partial charge in [-0.3, -0.25) is 0 Å². The molecule has 0 aliphatic heterocycles. The molecule has 3 nitrogen and oxygen atoms in total. The van der Waals surface area contributed by atoms with Crippen molar-refractivity contribution in [2.75, 3.05) is 0 Å². The number of rotatable bonds is 2. The smallest absolute Gasteiger partial charge is 0.172 e. The molecule has 0 bridgehead atoms. The van der Waals surface area contributed by atoms with E-state index in [0.29, 0.717) is 15.4 Å². The highest BCUT2D eigenvalue weighted by Crippen LogP contribution is 2.50. The van der Waals surface area contributed by atoms with Gasteiger partial charge in [-0.1, -0.05) is 65.4 Å². The van der Waals surface area contributed by atoms with Gasteiger partial charge < -0.3 is 15.3 Å². The number of hydrogen-bond donors (Lipinski definition) is 3. The quantitative estimate of drug-likeness (QED) is 0.624. The Hall–Kier alpha value is -1.81. The van der Waals surface area contributed by atoms with Gasteiger partial charge in [-0.25, -0.2) is 0 Å². The third kappa shape index (κ3) is 3.64. The van der Waals surface area contributed by atoms with Gasteiger partial charge in [0.1, 0.15) is 5.75 Å². The van der Waals surface area contributed by atoms with Crippen molar-refractivity contribution in [3.63, 3.8) is 0 Å². The second-order valence-corrected chi connectivity index (χ2v) is 9.12. The van der Waals surface area contributed by atoms with Gasteiger partial charge in [-0.2, -0.15) is 0 Å². The predicted molar refractivity (Wildman–Crippen MR) is 99.4 cm³/mol. The fraction of sp³-hybridized carbons (Fsp3) is 0.400. The molecule has 0 atom stereocenters. The summed E-state index contributed by atoms with van der Waals surface area (Å²) in [4.78, 5) is 1.22. The Kier molecular flexibility index (Phi) is 4.82. The molecule has 2 rings (SSSR count). The Morgan fingerprint density at radius 1 is 0.750 bits per heavy atom. The van der Waals surface area contributed by atoms with Crippen LogP contribution in [0.1, 0.15) is 52.7 Å². The van der Waals surface area contributed by atoms with Crippen LogP contribution in [-0.2, 0) is 10.8 Å². The average Bonchev–Trinajstić information content (AvgIpc) is 2.43. The molecule has 0 radical (unpaired) electrons. The van der Waals surface area contributed by atoms with Crippen molar-refractivity contribution in [1.29, 1.82) is 0 Å². The van der Waals surface area contributed by atoms with E-state index >= 15 is 0 Å². The van der Waals surface area contributed by atoms with Crippen LogP contribution in [0.3, 0.4) is 0 Å². The minimum absolute atomic E-state index is 0.0894. The van der Waals surface area contributed by atoms with E-state index in [2.05, 4.69) is 20.8 Å². The van der Waals surface area contributed by atoms with Gasteiger partial charge >= 0.3 is 0 Å². The van der Waals surface area contributed by atoms with Crippen molar-refractivity contribution < 1.29 is 15.3 Å². The third-order valence-corrected chi connectivity index (χ3v) is 5.10. The molecule has 3 N–H and O–H groups in total. The minimum atomic E-state index is -0.292. The highest BCUT2D eigenvalue weighted by Gasteiger charge is 2.29. The number of benzene rings is 2. The highest BCUT2D eigenvalue weighted by atomic mass is 32.2. The predicted octanol–water partition coefficient (Wildman–Crippen LogP) is 5.55. The Bertz CT molecular complexity index is 753. The van der Waals surface area contributed by atoms with Crippen LogP contribution < -0.4 is 0 Å². The van der Waals surface area contributed by atoms with Crippen molar-refractivity contribution in [1.82, 2.24) is 0 Å². The molecule has 0 saturated heterocycles. The van der Waals surface area contributed by atoms with Crippen LogP contribution in [0, 0.1) is 0 Å². The molecule has 4 heteroatoms. The first kappa shape index (κ1) is 18.5. The summed E-state index contributed by atoms with van der Waals surface area (Å²) in [7, 11) is 0. The number of aromatic hydroxyl groups is 3. The van der Waals surface area contributed by atoms with Crippen LogP contribution in [0.5, 0.6) is 17.2 Å². The number of hydrogen-bond acceptors (Lipinski definition) is 4. The maximum absolute atomic E-state index is 10.7. The lowest BCUT2D eigenvalue weighted by Gasteiger charge is -2.29. The van der Waals surface area contributed by atoms with Crippen LogP contribution in [0.25, 0.3) is 0 Å². The number of phenols is 3. The van der Waals surface area contributed by atoms with Gasteiger partial charge in [0, 0.05) is 5.56 Å². The van der Waals surface area contributed by atoms with E-state index in [-0.39, 0.29) is 28.1 Å². The van der Waals surface area contributed by atoms with E-state index < -0.39 is 0 Å². The monoisotopic (exact) mass is 346 g/mol. The molecule has 0 amide bonds. The Morgan fingerprint density at radius 3 is 1.79 bits per heavy atom. The normalized spacial score (nSPS) is 12.4. The zero-order valence-electron chi connectivity index (χ0n) is 15.1. The lowest BCUT2D eigenvalue weighted by Crippen LogP contribution is -2.17. The number of para-hydroxylation sites is 1. The molecule has 2 aromatic carbocycles. The number of phenolic OH excluding ortho intramolecular Hbond substituents is 3. The molecular weight excluding hydrogens is 320 g/mol. The standard InChI is InChI=1S/C20H26O3S/c1-19(2,3)12-11-13(20(4,5)6)18(17(23)16(12)22)24-15-10-8-7-9-14(15)21/h7-11,21-23H,1-6H3. The van der Waals surface area contributed by atoms with E-state index in [9.17, 15) is 15.3 Å². The summed E-state index contributed by atoms with van der Waals surface area (Å²) in [5.74, 6) is -0.0600. The molecule has 0 unspecified atom stereocenters. The first-order chi connectivity index (χ1) is 10.9. The summed E-state index contributed by atoms with van der Waals surface area (Å²) in [6.07, 6.45) is 0. The van der Waals surface area contributed by atoms with Crippen molar-refractivity contribution in [3.8, 4) is 17.2 Å². The van der Waals surface area contributed by atoms with E-state index in [1.54, 1.807) is 18.2 Å². The van der Waals surface area contributed by atoms with Crippen LogP contribution in [-0.4, -0.2) is 15.3 Å². The first-order valence-corrected chi connectivity index (χ1v) is 8.80. The topological polar surface area (TPSA) is 60.7 Å². The van der Waals surface area contributed by atoms with Gasteiger partial charge in [0.25, 0.3) is 0 Å². The molecule has 0 saturated carbocycles. The summed E-state index contributed by atoms with van der Waals surface area (Å²) in [5.41, 5.74) is 1.14.